The van der Waals surface area contributed by atoms with Crippen LogP contribution in [0.2, 0.25) is 0 Å². The largest absolute Gasteiger partial charge is 0.309 e. The first kappa shape index (κ1) is 15.3. The number of rotatable bonds is 5. The summed E-state index contributed by atoms with van der Waals surface area (Å²) >= 11 is 4.77. The van der Waals surface area contributed by atoms with Gasteiger partial charge in [0.1, 0.15) is 16.1 Å². The molecule has 0 aliphatic rings. The highest BCUT2D eigenvalue weighted by molar-refractivity contribution is 9.10. The standard InChI is InChI=1S/C14H14BrFN2OS/c1-2-3-11-13(15)14(19)18-12(17-11)8-20-10-6-4-9(16)5-7-10/h4-7H,2-3,8H2,1H3,(H,17,18,19). The molecule has 0 saturated heterocycles. The van der Waals surface area contributed by atoms with Gasteiger partial charge in [0.25, 0.3) is 5.56 Å². The Hall–Kier alpha value is -1.14. The van der Waals surface area contributed by atoms with Gasteiger partial charge in [-0.25, -0.2) is 9.37 Å². The molecule has 3 nitrogen and oxygen atoms in total. The van der Waals surface area contributed by atoms with Gasteiger partial charge in [0, 0.05) is 4.90 Å². The van der Waals surface area contributed by atoms with Gasteiger partial charge in [-0.2, -0.15) is 0 Å². The zero-order valence-corrected chi connectivity index (χ0v) is 13.4. The van der Waals surface area contributed by atoms with Gasteiger partial charge in [-0.3, -0.25) is 4.79 Å². The molecular weight excluding hydrogens is 343 g/mol. The maximum atomic E-state index is 12.8. The highest BCUT2D eigenvalue weighted by Crippen LogP contribution is 2.22. The highest BCUT2D eigenvalue weighted by atomic mass is 79.9. The highest BCUT2D eigenvalue weighted by Gasteiger charge is 2.08. The van der Waals surface area contributed by atoms with Crippen molar-refractivity contribution in [3.05, 3.63) is 56.4 Å². The summed E-state index contributed by atoms with van der Waals surface area (Å²) in [5.41, 5.74) is 0.629. The van der Waals surface area contributed by atoms with Crippen molar-refractivity contribution >= 4 is 27.7 Å². The summed E-state index contributed by atoms with van der Waals surface area (Å²) in [6, 6.07) is 6.26. The first-order valence-corrected chi connectivity index (χ1v) is 8.04. The predicted octanol–water partition coefficient (Wildman–Crippen LogP) is 3.92. The van der Waals surface area contributed by atoms with Gasteiger partial charge in [-0.1, -0.05) is 13.3 Å². The number of halogens is 2. The molecule has 0 aliphatic heterocycles. The average molecular weight is 357 g/mol. The third-order valence-electron chi connectivity index (χ3n) is 2.66. The predicted molar refractivity (Wildman–Crippen MR) is 82.5 cm³/mol. The number of hydrogen-bond donors (Lipinski definition) is 1. The molecule has 0 unspecified atom stereocenters. The molecule has 0 aliphatic carbocycles. The summed E-state index contributed by atoms with van der Waals surface area (Å²) < 4.78 is 13.3. The fourth-order valence-corrected chi connectivity index (χ4v) is 2.86. The minimum absolute atomic E-state index is 0.154. The Balaban J connectivity index is 2.13. The molecule has 0 saturated carbocycles. The van der Waals surface area contributed by atoms with Crippen molar-refractivity contribution in [1.82, 2.24) is 9.97 Å². The van der Waals surface area contributed by atoms with Crippen LogP contribution in [0.15, 0.2) is 38.4 Å². The van der Waals surface area contributed by atoms with Crippen molar-refractivity contribution in [3.8, 4) is 0 Å². The normalized spacial score (nSPS) is 10.8. The summed E-state index contributed by atoms with van der Waals surface area (Å²) in [4.78, 5) is 19.9. The van der Waals surface area contributed by atoms with E-state index >= 15 is 0 Å². The van der Waals surface area contributed by atoms with E-state index in [0.717, 1.165) is 23.4 Å². The van der Waals surface area contributed by atoms with Gasteiger partial charge in [-0.05, 0) is 46.6 Å². The van der Waals surface area contributed by atoms with E-state index in [1.54, 1.807) is 12.1 Å². The molecule has 0 atom stereocenters. The first-order chi connectivity index (χ1) is 9.60. The summed E-state index contributed by atoms with van der Waals surface area (Å²) in [6.45, 7) is 2.04. The molecule has 1 aromatic heterocycles. The summed E-state index contributed by atoms with van der Waals surface area (Å²) in [5, 5.41) is 0. The molecule has 1 N–H and O–H groups in total. The SMILES string of the molecule is CCCc1nc(CSc2ccc(F)cc2)[nH]c(=O)c1Br. The Kier molecular flexibility index (Phi) is 5.37. The Bertz CT molecular complexity index is 643. The van der Waals surface area contributed by atoms with Crippen molar-refractivity contribution in [3.63, 3.8) is 0 Å². The number of thioether (sulfide) groups is 1. The lowest BCUT2D eigenvalue weighted by molar-refractivity contribution is 0.626. The molecule has 2 rings (SSSR count). The van der Waals surface area contributed by atoms with E-state index in [9.17, 15) is 9.18 Å². The fourth-order valence-electron chi connectivity index (χ4n) is 1.71. The van der Waals surface area contributed by atoms with Gasteiger partial charge < -0.3 is 4.98 Å². The Morgan fingerprint density at radius 2 is 2.05 bits per heavy atom. The van der Waals surface area contributed by atoms with Crippen LogP contribution >= 0.6 is 27.7 Å². The zero-order chi connectivity index (χ0) is 14.5. The van der Waals surface area contributed by atoms with Crippen LogP contribution in [0.1, 0.15) is 24.9 Å². The van der Waals surface area contributed by atoms with E-state index in [1.165, 1.54) is 23.9 Å². The lowest BCUT2D eigenvalue weighted by atomic mass is 10.2. The van der Waals surface area contributed by atoms with Crippen molar-refractivity contribution in [2.75, 3.05) is 0 Å². The minimum atomic E-state index is -0.255. The second kappa shape index (κ2) is 7.04. The van der Waals surface area contributed by atoms with Gasteiger partial charge in [0.05, 0.1) is 11.4 Å². The van der Waals surface area contributed by atoms with Crippen molar-refractivity contribution in [2.24, 2.45) is 0 Å². The molecule has 20 heavy (non-hydrogen) atoms. The van der Waals surface area contributed by atoms with Crippen LogP contribution in [0, 0.1) is 5.82 Å². The number of benzene rings is 1. The van der Waals surface area contributed by atoms with E-state index in [2.05, 4.69) is 25.9 Å². The van der Waals surface area contributed by atoms with Crippen molar-refractivity contribution in [2.45, 2.75) is 30.4 Å². The Labute approximate surface area is 129 Å². The maximum Gasteiger partial charge on any atom is 0.265 e. The van der Waals surface area contributed by atoms with Crippen LogP contribution in [0.3, 0.4) is 0 Å². The van der Waals surface area contributed by atoms with Crippen LogP contribution in [0.25, 0.3) is 0 Å². The number of H-pyrrole nitrogens is 1. The molecule has 0 amide bonds. The second-order valence-corrected chi connectivity index (χ2v) is 6.11. The molecule has 0 spiro atoms. The molecule has 106 valence electrons. The van der Waals surface area contributed by atoms with Gasteiger partial charge in [-0.15, -0.1) is 11.8 Å². The summed E-state index contributed by atoms with van der Waals surface area (Å²) in [5.74, 6) is 0.927. The number of nitrogens with one attached hydrogen (secondary N) is 1. The van der Waals surface area contributed by atoms with Crippen LogP contribution in [0.5, 0.6) is 0 Å². The molecule has 1 heterocycles. The smallest absolute Gasteiger partial charge is 0.265 e. The van der Waals surface area contributed by atoms with Crippen LogP contribution in [0.4, 0.5) is 4.39 Å². The number of aromatic nitrogens is 2. The quantitative estimate of drug-likeness (QED) is 0.825. The zero-order valence-electron chi connectivity index (χ0n) is 11.0. The first-order valence-electron chi connectivity index (χ1n) is 6.26. The van der Waals surface area contributed by atoms with E-state index in [0.29, 0.717) is 16.0 Å². The maximum absolute atomic E-state index is 12.8. The van der Waals surface area contributed by atoms with E-state index in [4.69, 9.17) is 0 Å². The number of hydrogen-bond acceptors (Lipinski definition) is 3. The van der Waals surface area contributed by atoms with E-state index in [1.807, 2.05) is 6.92 Å². The Morgan fingerprint density at radius 3 is 2.70 bits per heavy atom. The number of nitrogens with zero attached hydrogens (tertiary/aromatic N) is 1. The minimum Gasteiger partial charge on any atom is -0.309 e. The van der Waals surface area contributed by atoms with Crippen LogP contribution < -0.4 is 5.56 Å². The third-order valence-corrected chi connectivity index (χ3v) is 4.50. The van der Waals surface area contributed by atoms with Gasteiger partial charge in [0.15, 0.2) is 0 Å². The summed E-state index contributed by atoms with van der Waals surface area (Å²) in [6.07, 6.45) is 1.69. The number of aromatic amines is 1. The van der Waals surface area contributed by atoms with E-state index in [-0.39, 0.29) is 11.4 Å². The molecule has 0 fully saturated rings. The van der Waals surface area contributed by atoms with Gasteiger partial charge >= 0.3 is 0 Å². The van der Waals surface area contributed by atoms with E-state index < -0.39 is 0 Å². The molecule has 1 aromatic carbocycles. The second-order valence-electron chi connectivity index (χ2n) is 4.27. The lowest BCUT2D eigenvalue weighted by Crippen LogP contribution is -2.15. The van der Waals surface area contributed by atoms with Crippen LogP contribution in [-0.4, -0.2) is 9.97 Å². The molecule has 0 bridgehead atoms. The monoisotopic (exact) mass is 356 g/mol. The molecule has 2 aromatic rings. The topological polar surface area (TPSA) is 45.8 Å². The molecule has 6 heteroatoms. The van der Waals surface area contributed by atoms with Crippen molar-refractivity contribution in [1.29, 1.82) is 0 Å². The van der Waals surface area contributed by atoms with Crippen LogP contribution in [-0.2, 0) is 12.2 Å². The number of aryl methyl sites for hydroxylation is 1. The molecular formula is C14H14BrFN2OS. The fraction of sp³-hybridized carbons (Fsp3) is 0.286. The lowest BCUT2D eigenvalue weighted by Gasteiger charge is -2.06. The average Bonchev–Trinajstić information content (AvgIpc) is 2.44. The van der Waals surface area contributed by atoms with Gasteiger partial charge in [0.2, 0.25) is 0 Å². The van der Waals surface area contributed by atoms with Crippen molar-refractivity contribution < 1.29 is 4.39 Å². The summed E-state index contributed by atoms with van der Waals surface area (Å²) in [7, 11) is 0. The third kappa shape index (κ3) is 3.93. The Morgan fingerprint density at radius 1 is 1.35 bits per heavy atom. The molecule has 0 radical (unpaired) electrons.